The molecule has 0 unspecified atom stereocenters. The van der Waals surface area contributed by atoms with E-state index in [-0.39, 0.29) is 0 Å². The van der Waals surface area contributed by atoms with Crippen molar-refractivity contribution in [2.75, 3.05) is 31.1 Å². The highest BCUT2D eigenvalue weighted by Gasteiger charge is 2.31. The Bertz CT molecular complexity index is 732. The van der Waals surface area contributed by atoms with E-state index < -0.39 is 11.7 Å². The van der Waals surface area contributed by atoms with E-state index in [2.05, 4.69) is 36.9 Å². The highest BCUT2D eigenvalue weighted by atomic mass is 19.4. The van der Waals surface area contributed by atoms with Crippen LogP contribution in [0.15, 0.2) is 42.5 Å². The summed E-state index contributed by atoms with van der Waals surface area (Å²) in [6.07, 6.45) is -4.27. The van der Waals surface area contributed by atoms with Crippen molar-refractivity contribution in [2.24, 2.45) is 0 Å². The molecule has 25 heavy (non-hydrogen) atoms. The van der Waals surface area contributed by atoms with Gasteiger partial charge in [-0.25, -0.2) is 0 Å². The lowest BCUT2D eigenvalue weighted by Crippen LogP contribution is -3.13. The maximum absolute atomic E-state index is 12.8. The van der Waals surface area contributed by atoms with Gasteiger partial charge < -0.3 is 9.80 Å². The molecular formula is C20H24F3N2+. The van der Waals surface area contributed by atoms with E-state index in [1.807, 2.05) is 0 Å². The smallest absolute Gasteiger partial charge is 0.360 e. The Morgan fingerprint density at radius 1 is 1.00 bits per heavy atom. The summed E-state index contributed by atoms with van der Waals surface area (Å²) in [5.41, 5.74) is 3.99. The molecule has 0 amide bonds. The Kier molecular flexibility index (Phi) is 5.04. The van der Waals surface area contributed by atoms with Crippen LogP contribution >= 0.6 is 0 Å². The number of alkyl halides is 3. The second kappa shape index (κ2) is 7.08. The van der Waals surface area contributed by atoms with Crippen LogP contribution in [0.4, 0.5) is 18.9 Å². The molecule has 1 heterocycles. The molecule has 0 atom stereocenters. The second-order valence-corrected chi connectivity index (χ2v) is 6.90. The summed E-state index contributed by atoms with van der Waals surface area (Å²) >= 11 is 0. The standard InChI is InChI=1S/C20H23F3N2/c1-15-6-7-16(2)19(12-15)25-10-8-24(9-11-25)14-17-4-3-5-18(13-17)20(21,22)23/h3-7,12-13H,8-11,14H2,1-2H3/p+1. The van der Waals surface area contributed by atoms with Gasteiger partial charge >= 0.3 is 6.18 Å². The normalized spacial score (nSPS) is 16.3. The Hall–Kier alpha value is -2.01. The van der Waals surface area contributed by atoms with Crippen molar-refractivity contribution >= 4 is 5.69 Å². The van der Waals surface area contributed by atoms with Gasteiger partial charge in [0.2, 0.25) is 0 Å². The third-order valence-corrected chi connectivity index (χ3v) is 4.88. The summed E-state index contributed by atoms with van der Waals surface area (Å²) in [5, 5.41) is 0. The zero-order chi connectivity index (χ0) is 18.0. The Morgan fingerprint density at radius 2 is 1.72 bits per heavy atom. The molecule has 0 saturated carbocycles. The molecule has 1 aliphatic heterocycles. The number of anilines is 1. The van der Waals surface area contributed by atoms with Crippen LogP contribution in [0.5, 0.6) is 0 Å². The molecule has 0 aliphatic carbocycles. The summed E-state index contributed by atoms with van der Waals surface area (Å²) in [5.74, 6) is 0. The van der Waals surface area contributed by atoms with Crippen LogP contribution in [-0.4, -0.2) is 26.2 Å². The first-order valence-electron chi connectivity index (χ1n) is 8.65. The summed E-state index contributed by atoms with van der Waals surface area (Å²) < 4.78 is 38.5. The second-order valence-electron chi connectivity index (χ2n) is 6.90. The van der Waals surface area contributed by atoms with Gasteiger partial charge in [0.25, 0.3) is 0 Å². The number of aryl methyl sites for hydroxylation is 2. The van der Waals surface area contributed by atoms with E-state index >= 15 is 0 Å². The van der Waals surface area contributed by atoms with E-state index in [4.69, 9.17) is 0 Å². The molecule has 1 N–H and O–H groups in total. The molecule has 1 fully saturated rings. The molecule has 0 aromatic heterocycles. The van der Waals surface area contributed by atoms with Crippen molar-refractivity contribution < 1.29 is 18.1 Å². The molecular weight excluding hydrogens is 325 g/mol. The average molecular weight is 349 g/mol. The fourth-order valence-electron chi connectivity index (χ4n) is 3.45. The number of halogens is 3. The van der Waals surface area contributed by atoms with Gasteiger partial charge in [-0.3, -0.25) is 0 Å². The van der Waals surface area contributed by atoms with Crippen molar-refractivity contribution in [3.8, 4) is 0 Å². The van der Waals surface area contributed by atoms with E-state index in [0.717, 1.165) is 37.8 Å². The minimum atomic E-state index is -4.27. The van der Waals surface area contributed by atoms with Crippen molar-refractivity contribution in [3.63, 3.8) is 0 Å². The van der Waals surface area contributed by atoms with E-state index in [1.54, 1.807) is 6.07 Å². The van der Waals surface area contributed by atoms with Crippen LogP contribution in [-0.2, 0) is 12.7 Å². The number of piperazine rings is 1. The van der Waals surface area contributed by atoms with Gasteiger partial charge in [0.1, 0.15) is 6.54 Å². The molecule has 2 aromatic carbocycles. The monoisotopic (exact) mass is 349 g/mol. The van der Waals surface area contributed by atoms with Crippen LogP contribution in [0.3, 0.4) is 0 Å². The summed E-state index contributed by atoms with van der Waals surface area (Å²) in [6, 6.07) is 12.2. The number of quaternary nitrogens is 1. The molecule has 0 spiro atoms. The lowest BCUT2D eigenvalue weighted by atomic mass is 10.1. The molecule has 5 heteroatoms. The topological polar surface area (TPSA) is 7.68 Å². The first kappa shape index (κ1) is 17.8. The van der Waals surface area contributed by atoms with Gasteiger partial charge in [-0.1, -0.05) is 24.3 Å². The molecule has 1 aliphatic rings. The van der Waals surface area contributed by atoms with Crippen molar-refractivity contribution in [2.45, 2.75) is 26.6 Å². The summed E-state index contributed by atoms with van der Waals surface area (Å²) in [6.45, 7) is 8.59. The molecule has 0 radical (unpaired) electrons. The lowest BCUT2D eigenvalue weighted by Gasteiger charge is -2.34. The van der Waals surface area contributed by atoms with Crippen LogP contribution in [0.2, 0.25) is 0 Å². The predicted octanol–water partition coefficient (Wildman–Crippen LogP) is 3.23. The fraction of sp³-hybridized carbons (Fsp3) is 0.400. The van der Waals surface area contributed by atoms with Gasteiger partial charge in [-0.2, -0.15) is 13.2 Å². The Morgan fingerprint density at radius 3 is 2.40 bits per heavy atom. The minimum Gasteiger partial charge on any atom is -0.360 e. The SMILES string of the molecule is Cc1ccc(C)c(N2CC[NH+](Cc3cccc(C(F)(F)F)c3)CC2)c1. The van der Waals surface area contributed by atoms with Crippen molar-refractivity contribution in [1.29, 1.82) is 0 Å². The van der Waals surface area contributed by atoms with Gasteiger partial charge in [0.15, 0.2) is 0 Å². The molecule has 0 bridgehead atoms. The van der Waals surface area contributed by atoms with Gasteiger partial charge in [-0.05, 0) is 43.2 Å². The van der Waals surface area contributed by atoms with Crippen LogP contribution in [0, 0.1) is 13.8 Å². The van der Waals surface area contributed by atoms with Gasteiger partial charge in [-0.15, -0.1) is 0 Å². The zero-order valence-corrected chi connectivity index (χ0v) is 14.7. The Balaban J connectivity index is 1.62. The highest BCUT2D eigenvalue weighted by Crippen LogP contribution is 2.29. The number of hydrogen-bond donors (Lipinski definition) is 1. The van der Waals surface area contributed by atoms with Crippen molar-refractivity contribution in [1.82, 2.24) is 0 Å². The number of hydrogen-bond acceptors (Lipinski definition) is 1. The summed E-state index contributed by atoms with van der Waals surface area (Å²) in [4.78, 5) is 3.72. The minimum absolute atomic E-state index is 0.557. The fourth-order valence-corrected chi connectivity index (χ4v) is 3.45. The summed E-state index contributed by atoms with van der Waals surface area (Å²) in [7, 11) is 0. The maximum Gasteiger partial charge on any atom is 0.416 e. The van der Waals surface area contributed by atoms with Gasteiger partial charge in [0.05, 0.1) is 31.7 Å². The quantitative estimate of drug-likeness (QED) is 0.894. The molecule has 1 saturated heterocycles. The van der Waals surface area contributed by atoms with E-state index in [9.17, 15) is 13.2 Å². The van der Waals surface area contributed by atoms with Crippen molar-refractivity contribution in [3.05, 3.63) is 64.7 Å². The predicted molar refractivity (Wildman–Crippen MR) is 94.0 cm³/mol. The maximum atomic E-state index is 12.8. The molecule has 2 nitrogen and oxygen atoms in total. The zero-order valence-electron chi connectivity index (χ0n) is 14.7. The molecule has 134 valence electrons. The first-order chi connectivity index (χ1) is 11.8. The van der Waals surface area contributed by atoms with Crippen LogP contribution < -0.4 is 9.80 Å². The molecule has 3 rings (SSSR count). The third-order valence-electron chi connectivity index (χ3n) is 4.88. The van der Waals surface area contributed by atoms with Gasteiger partial charge in [0, 0.05) is 11.3 Å². The number of benzene rings is 2. The average Bonchev–Trinajstić information content (AvgIpc) is 2.57. The number of rotatable bonds is 3. The highest BCUT2D eigenvalue weighted by molar-refractivity contribution is 5.55. The lowest BCUT2D eigenvalue weighted by molar-refractivity contribution is -0.914. The largest absolute Gasteiger partial charge is 0.416 e. The molecule has 2 aromatic rings. The number of nitrogens with one attached hydrogen (secondary N) is 1. The van der Waals surface area contributed by atoms with E-state index in [1.165, 1.54) is 33.8 Å². The van der Waals surface area contributed by atoms with Crippen LogP contribution in [0.25, 0.3) is 0 Å². The van der Waals surface area contributed by atoms with E-state index in [0.29, 0.717) is 6.54 Å². The number of nitrogens with zero attached hydrogens (tertiary/aromatic N) is 1. The first-order valence-corrected chi connectivity index (χ1v) is 8.65. The Labute approximate surface area is 146 Å². The third kappa shape index (κ3) is 4.34. The van der Waals surface area contributed by atoms with Crippen LogP contribution in [0.1, 0.15) is 22.3 Å².